The van der Waals surface area contributed by atoms with Gasteiger partial charge in [0.05, 0.1) is 11.3 Å². The summed E-state index contributed by atoms with van der Waals surface area (Å²) in [7, 11) is -2.69. The van der Waals surface area contributed by atoms with E-state index in [1.54, 1.807) is 32.4 Å². The first-order valence-electron chi connectivity index (χ1n) is 8.24. The van der Waals surface area contributed by atoms with Crippen molar-refractivity contribution in [1.29, 1.82) is 0 Å². The molecule has 0 bridgehead atoms. The Balaban J connectivity index is 2.12. The van der Waals surface area contributed by atoms with Gasteiger partial charge in [-0.05, 0) is 26.0 Å². The third-order valence-electron chi connectivity index (χ3n) is 4.29. The Kier molecular flexibility index (Phi) is 5.07. The molecular formula is C17H17F3N4O4S. The summed E-state index contributed by atoms with van der Waals surface area (Å²) in [5.74, 6) is -0.450. The number of ether oxygens (including phenoxy) is 1. The fourth-order valence-electron chi connectivity index (χ4n) is 2.86. The number of nitrogens with zero attached hydrogens (tertiary/aromatic N) is 3. The Bertz CT molecular complexity index is 1170. The van der Waals surface area contributed by atoms with E-state index < -0.39 is 22.1 Å². The number of para-hydroxylation sites is 2. The van der Waals surface area contributed by atoms with Crippen LogP contribution in [0, 0.1) is 20.8 Å². The molecule has 0 saturated heterocycles. The van der Waals surface area contributed by atoms with E-state index in [0.29, 0.717) is 11.4 Å². The van der Waals surface area contributed by atoms with E-state index in [2.05, 4.69) is 19.7 Å². The van der Waals surface area contributed by atoms with Crippen molar-refractivity contribution in [3.05, 3.63) is 41.5 Å². The van der Waals surface area contributed by atoms with Crippen molar-refractivity contribution in [2.75, 3.05) is 4.72 Å². The molecule has 12 heteroatoms. The van der Waals surface area contributed by atoms with E-state index in [-0.39, 0.29) is 27.9 Å². The molecule has 1 aromatic carbocycles. The summed E-state index contributed by atoms with van der Waals surface area (Å²) in [5.41, 5.74) is 0.687. The van der Waals surface area contributed by atoms with Crippen molar-refractivity contribution >= 4 is 15.7 Å². The number of nitrogens with one attached hydrogen (secondary N) is 1. The number of benzene rings is 1. The third-order valence-corrected chi connectivity index (χ3v) is 5.82. The number of aromatic nitrogens is 3. The van der Waals surface area contributed by atoms with Gasteiger partial charge < -0.3 is 13.7 Å². The normalized spacial score (nSPS) is 12.2. The van der Waals surface area contributed by atoms with Gasteiger partial charge in [0.15, 0.2) is 5.75 Å². The Labute approximate surface area is 164 Å². The second-order valence-corrected chi connectivity index (χ2v) is 7.83. The van der Waals surface area contributed by atoms with Crippen LogP contribution in [0.3, 0.4) is 0 Å². The van der Waals surface area contributed by atoms with Gasteiger partial charge in [-0.25, -0.2) is 8.42 Å². The van der Waals surface area contributed by atoms with Crippen LogP contribution in [-0.4, -0.2) is 29.5 Å². The largest absolute Gasteiger partial charge is 0.573 e. The highest BCUT2D eigenvalue weighted by Gasteiger charge is 2.34. The van der Waals surface area contributed by atoms with Gasteiger partial charge in [0, 0.05) is 25.4 Å². The predicted molar refractivity (Wildman–Crippen MR) is 96.8 cm³/mol. The van der Waals surface area contributed by atoms with E-state index in [1.807, 2.05) is 0 Å². The minimum Gasteiger partial charge on any atom is -0.421 e. The molecule has 0 amide bonds. The van der Waals surface area contributed by atoms with Gasteiger partial charge in [-0.15, -0.1) is 23.4 Å². The fourth-order valence-corrected chi connectivity index (χ4v) is 4.45. The van der Waals surface area contributed by atoms with Crippen LogP contribution in [0.2, 0.25) is 0 Å². The second kappa shape index (κ2) is 7.10. The monoisotopic (exact) mass is 430 g/mol. The number of rotatable bonds is 5. The van der Waals surface area contributed by atoms with Crippen molar-refractivity contribution in [3.63, 3.8) is 0 Å². The molecule has 3 rings (SSSR count). The summed E-state index contributed by atoms with van der Waals surface area (Å²) in [6, 6.07) is 4.85. The van der Waals surface area contributed by atoms with Gasteiger partial charge in [0.2, 0.25) is 5.89 Å². The van der Waals surface area contributed by atoms with Crippen molar-refractivity contribution in [2.45, 2.75) is 32.0 Å². The zero-order chi connectivity index (χ0) is 21.6. The highest BCUT2D eigenvalue weighted by molar-refractivity contribution is 7.93. The molecule has 0 atom stereocenters. The zero-order valence-corrected chi connectivity index (χ0v) is 16.6. The lowest BCUT2D eigenvalue weighted by atomic mass is 10.2. The van der Waals surface area contributed by atoms with Crippen LogP contribution in [0.4, 0.5) is 18.9 Å². The molecule has 156 valence electrons. The molecule has 8 nitrogen and oxygen atoms in total. The molecule has 0 aliphatic heterocycles. The summed E-state index contributed by atoms with van der Waals surface area (Å²) in [6.07, 6.45) is -4.98. The van der Waals surface area contributed by atoms with E-state index in [4.69, 9.17) is 4.42 Å². The molecule has 2 heterocycles. The Morgan fingerprint density at radius 1 is 1.10 bits per heavy atom. The first kappa shape index (κ1) is 20.7. The lowest BCUT2D eigenvalue weighted by Crippen LogP contribution is -2.20. The molecule has 29 heavy (non-hydrogen) atoms. The number of hydrogen-bond acceptors (Lipinski definition) is 6. The molecule has 0 radical (unpaired) electrons. The highest BCUT2D eigenvalue weighted by Crippen LogP contribution is 2.37. The van der Waals surface area contributed by atoms with Crippen molar-refractivity contribution < 1.29 is 30.7 Å². The molecule has 0 fully saturated rings. The SMILES string of the molecule is Cc1nnc(-c2c(S(=O)(=O)Nc3ccccc3OC(F)(F)F)c(C)n(C)c2C)o1. The lowest BCUT2D eigenvalue weighted by molar-refractivity contribution is -0.274. The van der Waals surface area contributed by atoms with Gasteiger partial charge >= 0.3 is 6.36 Å². The molecular weight excluding hydrogens is 413 g/mol. The van der Waals surface area contributed by atoms with Crippen LogP contribution in [-0.2, 0) is 17.1 Å². The van der Waals surface area contributed by atoms with Crippen LogP contribution < -0.4 is 9.46 Å². The standard InChI is InChI=1S/C17H17F3N4O4S/c1-9-14(16-22-21-11(3)27-16)15(10(2)24(9)4)29(25,26)23-12-7-5-6-8-13(12)28-17(18,19)20/h5-8,23H,1-4H3. The Morgan fingerprint density at radius 2 is 1.76 bits per heavy atom. The predicted octanol–water partition coefficient (Wildman–Crippen LogP) is 3.70. The maximum atomic E-state index is 13.2. The summed E-state index contributed by atoms with van der Waals surface area (Å²) < 4.78 is 77.4. The first-order valence-corrected chi connectivity index (χ1v) is 9.73. The average molecular weight is 430 g/mol. The van der Waals surface area contributed by atoms with E-state index >= 15 is 0 Å². The van der Waals surface area contributed by atoms with E-state index in [1.165, 1.54) is 18.2 Å². The van der Waals surface area contributed by atoms with E-state index in [9.17, 15) is 21.6 Å². The van der Waals surface area contributed by atoms with E-state index in [0.717, 1.165) is 6.07 Å². The smallest absolute Gasteiger partial charge is 0.421 e. The number of anilines is 1. The average Bonchev–Trinajstić information content (AvgIpc) is 3.12. The van der Waals surface area contributed by atoms with Crippen molar-refractivity contribution in [3.8, 4) is 17.2 Å². The quantitative estimate of drug-likeness (QED) is 0.663. The summed E-state index contributed by atoms with van der Waals surface area (Å²) in [4.78, 5) is -0.178. The number of halogens is 3. The fraction of sp³-hybridized carbons (Fsp3) is 0.294. The maximum Gasteiger partial charge on any atom is 0.573 e. The molecule has 0 saturated carbocycles. The van der Waals surface area contributed by atoms with Crippen LogP contribution in [0.1, 0.15) is 17.3 Å². The Hall–Kier alpha value is -3.02. The highest BCUT2D eigenvalue weighted by atomic mass is 32.2. The summed E-state index contributed by atoms with van der Waals surface area (Å²) in [6.45, 7) is 4.78. The van der Waals surface area contributed by atoms with Gasteiger partial charge in [-0.2, -0.15) is 0 Å². The molecule has 2 aromatic heterocycles. The second-order valence-electron chi connectivity index (χ2n) is 6.21. The number of hydrogen-bond donors (Lipinski definition) is 1. The van der Waals surface area contributed by atoms with Gasteiger partial charge in [0.25, 0.3) is 15.9 Å². The minimum absolute atomic E-state index is 0.0103. The molecule has 0 spiro atoms. The zero-order valence-electron chi connectivity index (χ0n) is 15.8. The molecule has 0 unspecified atom stereocenters. The van der Waals surface area contributed by atoms with Crippen LogP contribution in [0.15, 0.2) is 33.6 Å². The maximum absolute atomic E-state index is 13.2. The van der Waals surface area contributed by atoms with Crippen LogP contribution in [0.25, 0.3) is 11.5 Å². The third kappa shape index (κ3) is 4.06. The van der Waals surface area contributed by atoms with Gasteiger partial charge in [-0.3, -0.25) is 4.72 Å². The van der Waals surface area contributed by atoms with Gasteiger partial charge in [0.1, 0.15) is 4.90 Å². The number of sulfonamides is 1. The van der Waals surface area contributed by atoms with Gasteiger partial charge in [-0.1, -0.05) is 12.1 Å². The van der Waals surface area contributed by atoms with Crippen molar-refractivity contribution in [2.24, 2.45) is 7.05 Å². The number of alkyl halides is 3. The topological polar surface area (TPSA) is 99.3 Å². The Morgan fingerprint density at radius 3 is 2.34 bits per heavy atom. The summed E-state index contributed by atoms with van der Waals surface area (Å²) >= 11 is 0. The van der Waals surface area contributed by atoms with Crippen LogP contribution in [0.5, 0.6) is 5.75 Å². The minimum atomic E-state index is -4.98. The summed E-state index contributed by atoms with van der Waals surface area (Å²) in [5, 5.41) is 7.60. The first-order chi connectivity index (χ1) is 13.4. The molecule has 1 N–H and O–H groups in total. The lowest BCUT2D eigenvalue weighted by Gasteiger charge is -2.15. The molecule has 0 aliphatic rings. The van der Waals surface area contributed by atoms with Crippen molar-refractivity contribution in [1.82, 2.24) is 14.8 Å². The number of aryl methyl sites for hydroxylation is 1. The molecule has 3 aromatic rings. The van der Waals surface area contributed by atoms with Crippen LogP contribution >= 0.6 is 0 Å². The molecule has 0 aliphatic carbocycles.